The minimum atomic E-state index is -0.867. The zero-order valence-electron chi connectivity index (χ0n) is 10.9. The molecule has 1 atom stereocenters. The Morgan fingerprint density at radius 1 is 1.45 bits per heavy atom. The predicted molar refractivity (Wildman–Crippen MR) is 72.1 cm³/mol. The number of nitrogens with zero attached hydrogens (tertiary/aromatic N) is 2. The van der Waals surface area contributed by atoms with Crippen LogP contribution >= 0.6 is 0 Å². The van der Waals surface area contributed by atoms with Crippen LogP contribution in [-0.4, -0.2) is 35.1 Å². The molecule has 6 nitrogen and oxygen atoms in total. The summed E-state index contributed by atoms with van der Waals surface area (Å²) >= 11 is 0. The molecule has 1 fully saturated rings. The monoisotopic (exact) mass is 273 g/mol. The number of aliphatic carboxylic acids is 1. The normalized spacial score (nSPS) is 18.1. The maximum absolute atomic E-state index is 12.1. The summed E-state index contributed by atoms with van der Waals surface area (Å²) in [4.78, 5) is 24.5. The Kier molecular flexibility index (Phi) is 4.20. The van der Waals surface area contributed by atoms with Crippen LogP contribution in [0.3, 0.4) is 0 Å². The van der Waals surface area contributed by atoms with Gasteiger partial charge in [-0.05, 0) is 31.0 Å². The van der Waals surface area contributed by atoms with Crippen LogP contribution in [-0.2, 0) is 4.79 Å². The van der Waals surface area contributed by atoms with Crippen molar-refractivity contribution in [1.82, 2.24) is 4.90 Å². The van der Waals surface area contributed by atoms with Crippen LogP contribution < -0.4 is 5.32 Å². The third-order valence-electron chi connectivity index (χ3n) is 3.30. The molecular weight excluding hydrogens is 258 g/mol. The lowest BCUT2D eigenvalue weighted by atomic mass is 9.99. The number of anilines is 1. The summed E-state index contributed by atoms with van der Waals surface area (Å²) in [5.74, 6) is -1.37. The number of hydrogen-bond donors (Lipinski definition) is 2. The van der Waals surface area contributed by atoms with Crippen LogP contribution in [0.1, 0.15) is 18.4 Å². The van der Waals surface area contributed by atoms with Crippen molar-refractivity contribution in [3.63, 3.8) is 0 Å². The number of piperidine rings is 1. The van der Waals surface area contributed by atoms with E-state index in [0.717, 1.165) is 0 Å². The van der Waals surface area contributed by atoms with Crippen LogP contribution in [0, 0.1) is 17.2 Å². The second-order valence-corrected chi connectivity index (χ2v) is 4.75. The molecule has 0 saturated carbocycles. The van der Waals surface area contributed by atoms with Crippen molar-refractivity contribution in [1.29, 1.82) is 5.26 Å². The van der Waals surface area contributed by atoms with Crippen LogP contribution in [0.5, 0.6) is 0 Å². The van der Waals surface area contributed by atoms with Gasteiger partial charge in [-0.2, -0.15) is 5.26 Å². The molecule has 2 rings (SSSR count). The van der Waals surface area contributed by atoms with Gasteiger partial charge in [-0.15, -0.1) is 0 Å². The van der Waals surface area contributed by atoms with Gasteiger partial charge < -0.3 is 15.3 Å². The quantitative estimate of drug-likeness (QED) is 0.860. The Hall–Kier alpha value is -2.55. The number of rotatable bonds is 2. The van der Waals surface area contributed by atoms with E-state index in [-0.39, 0.29) is 12.6 Å². The number of nitriles is 1. The lowest BCUT2D eigenvalue weighted by Gasteiger charge is -2.30. The van der Waals surface area contributed by atoms with Gasteiger partial charge in [0.2, 0.25) is 0 Å². The molecule has 1 saturated heterocycles. The zero-order chi connectivity index (χ0) is 14.5. The highest BCUT2D eigenvalue weighted by atomic mass is 16.4. The zero-order valence-corrected chi connectivity index (χ0v) is 10.9. The molecule has 1 aliphatic heterocycles. The molecule has 1 aliphatic rings. The maximum atomic E-state index is 12.1. The third-order valence-corrected chi connectivity index (χ3v) is 3.30. The lowest BCUT2D eigenvalue weighted by molar-refractivity contribution is -0.143. The molecule has 0 spiro atoms. The van der Waals surface area contributed by atoms with E-state index in [0.29, 0.717) is 30.6 Å². The van der Waals surface area contributed by atoms with Crippen molar-refractivity contribution in [2.24, 2.45) is 5.92 Å². The van der Waals surface area contributed by atoms with E-state index in [1.807, 2.05) is 6.07 Å². The first kappa shape index (κ1) is 13.9. The molecule has 0 aliphatic carbocycles. The van der Waals surface area contributed by atoms with Gasteiger partial charge in [-0.25, -0.2) is 4.79 Å². The Morgan fingerprint density at radius 3 is 2.95 bits per heavy atom. The summed E-state index contributed by atoms with van der Waals surface area (Å²) in [5.41, 5.74) is 0.997. The first-order valence-electron chi connectivity index (χ1n) is 6.39. The molecule has 0 aromatic heterocycles. The van der Waals surface area contributed by atoms with Gasteiger partial charge in [-0.1, -0.05) is 6.07 Å². The first-order valence-corrected chi connectivity index (χ1v) is 6.39. The van der Waals surface area contributed by atoms with Crippen molar-refractivity contribution in [2.45, 2.75) is 12.8 Å². The van der Waals surface area contributed by atoms with Gasteiger partial charge in [-0.3, -0.25) is 4.79 Å². The number of carbonyl (C=O) groups is 2. The number of urea groups is 1. The van der Waals surface area contributed by atoms with Crippen molar-refractivity contribution in [3.05, 3.63) is 29.8 Å². The summed E-state index contributed by atoms with van der Waals surface area (Å²) < 4.78 is 0. The lowest BCUT2D eigenvalue weighted by Crippen LogP contribution is -2.44. The smallest absolute Gasteiger partial charge is 0.321 e. The van der Waals surface area contributed by atoms with Crippen molar-refractivity contribution < 1.29 is 14.7 Å². The number of benzene rings is 1. The van der Waals surface area contributed by atoms with Gasteiger partial charge in [0.1, 0.15) is 0 Å². The van der Waals surface area contributed by atoms with E-state index in [1.54, 1.807) is 24.3 Å². The molecule has 0 radical (unpaired) electrons. The molecule has 0 bridgehead atoms. The summed E-state index contributed by atoms with van der Waals surface area (Å²) in [6, 6.07) is 8.28. The van der Waals surface area contributed by atoms with E-state index in [1.165, 1.54) is 4.90 Å². The van der Waals surface area contributed by atoms with E-state index in [2.05, 4.69) is 5.32 Å². The summed E-state index contributed by atoms with van der Waals surface area (Å²) in [6.07, 6.45) is 1.28. The standard InChI is InChI=1S/C14H15N3O3/c15-8-10-3-1-5-12(7-10)16-14(20)17-6-2-4-11(9-17)13(18)19/h1,3,5,7,11H,2,4,6,9H2,(H,16,20)(H,18,19)/t11-/m0/s1. The molecule has 104 valence electrons. The highest BCUT2D eigenvalue weighted by Gasteiger charge is 2.28. The molecule has 6 heteroatoms. The number of carbonyl (C=O) groups excluding carboxylic acids is 1. The van der Waals surface area contributed by atoms with E-state index in [9.17, 15) is 9.59 Å². The summed E-state index contributed by atoms with van der Waals surface area (Å²) in [5, 5.41) is 20.5. The number of carboxylic acid groups (broad SMARTS) is 1. The summed E-state index contributed by atoms with van der Waals surface area (Å²) in [7, 11) is 0. The fourth-order valence-corrected chi connectivity index (χ4v) is 2.23. The minimum Gasteiger partial charge on any atom is -0.481 e. The average Bonchev–Trinajstić information content (AvgIpc) is 2.47. The number of amides is 2. The molecule has 1 heterocycles. The molecule has 20 heavy (non-hydrogen) atoms. The number of likely N-dealkylation sites (tertiary alicyclic amines) is 1. The minimum absolute atomic E-state index is 0.221. The maximum Gasteiger partial charge on any atom is 0.321 e. The van der Waals surface area contributed by atoms with Crippen molar-refractivity contribution in [3.8, 4) is 6.07 Å². The molecule has 1 aromatic carbocycles. The number of nitrogens with one attached hydrogen (secondary N) is 1. The van der Waals surface area contributed by atoms with Crippen molar-refractivity contribution >= 4 is 17.7 Å². The SMILES string of the molecule is N#Cc1cccc(NC(=O)N2CCC[C@H](C(=O)O)C2)c1. The van der Waals surface area contributed by atoms with E-state index in [4.69, 9.17) is 10.4 Å². The number of carboxylic acids is 1. The molecule has 2 N–H and O–H groups in total. The topological polar surface area (TPSA) is 93.4 Å². The van der Waals surface area contributed by atoms with E-state index >= 15 is 0 Å². The van der Waals surface area contributed by atoms with Crippen LogP contribution in [0.15, 0.2) is 24.3 Å². The molecule has 1 aromatic rings. The second kappa shape index (κ2) is 6.06. The summed E-state index contributed by atoms with van der Waals surface area (Å²) in [6.45, 7) is 0.770. The second-order valence-electron chi connectivity index (χ2n) is 4.75. The fourth-order valence-electron chi connectivity index (χ4n) is 2.23. The Morgan fingerprint density at radius 2 is 2.25 bits per heavy atom. The Labute approximate surface area is 116 Å². The van der Waals surface area contributed by atoms with Crippen LogP contribution in [0.25, 0.3) is 0 Å². The molecular formula is C14H15N3O3. The van der Waals surface area contributed by atoms with E-state index < -0.39 is 11.9 Å². The van der Waals surface area contributed by atoms with Gasteiger partial charge in [0.05, 0.1) is 17.6 Å². The van der Waals surface area contributed by atoms with Gasteiger partial charge in [0.25, 0.3) is 0 Å². The Bertz CT molecular complexity index is 565. The largest absolute Gasteiger partial charge is 0.481 e. The molecule has 0 unspecified atom stereocenters. The highest BCUT2D eigenvalue weighted by molar-refractivity contribution is 5.90. The Balaban J connectivity index is 2.01. The third kappa shape index (κ3) is 3.26. The first-order chi connectivity index (χ1) is 9.60. The van der Waals surface area contributed by atoms with Crippen molar-refractivity contribution in [2.75, 3.05) is 18.4 Å². The van der Waals surface area contributed by atoms with Gasteiger partial charge in [0.15, 0.2) is 0 Å². The van der Waals surface area contributed by atoms with Gasteiger partial charge >= 0.3 is 12.0 Å². The average molecular weight is 273 g/mol. The van der Waals surface area contributed by atoms with Crippen LogP contribution in [0.2, 0.25) is 0 Å². The van der Waals surface area contributed by atoms with Gasteiger partial charge in [0, 0.05) is 18.8 Å². The van der Waals surface area contributed by atoms with Crippen LogP contribution in [0.4, 0.5) is 10.5 Å². The fraction of sp³-hybridized carbons (Fsp3) is 0.357. The number of hydrogen-bond acceptors (Lipinski definition) is 3. The highest BCUT2D eigenvalue weighted by Crippen LogP contribution is 2.18. The predicted octanol–water partition coefficient (Wildman–Crippen LogP) is 1.89. The molecule has 2 amide bonds.